The van der Waals surface area contributed by atoms with Crippen LogP contribution >= 0.6 is 0 Å². The molecule has 0 aliphatic rings. The van der Waals surface area contributed by atoms with Crippen LogP contribution in [0.3, 0.4) is 0 Å². The molecule has 2 amide bonds. The molecule has 172 valence electrons. The Kier molecular flexibility index (Phi) is 6.52. The highest BCUT2D eigenvalue weighted by Gasteiger charge is 2.31. The van der Waals surface area contributed by atoms with E-state index in [4.69, 9.17) is 9.84 Å². The molecule has 1 heterocycles. The molecule has 0 unspecified atom stereocenters. The van der Waals surface area contributed by atoms with E-state index in [9.17, 15) is 27.2 Å². The number of aromatic nitrogens is 1. The number of benzene rings is 2. The number of nitrogens with zero attached hydrogens (tertiary/aromatic N) is 2. The Morgan fingerprint density at radius 2 is 1.82 bits per heavy atom. The zero-order valence-electron chi connectivity index (χ0n) is 17.3. The first-order chi connectivity index (χ1) is 15.5. The van der Waals surface area contributed by atoms with Crippen LogP contribution in [0.15, 0.2) is 54.7 Å². The van der Waals surface area contributed by atoms with Gasteiger partial charge in [-0.3, -0.25) is 9.69 Å². The Morgan fingerprint density at radius 1 is 1.09 bits per heavy atom. The van der Waals surface area contributed by atoms with Crippen molar-refractivity contribution in [2.45, 2.75) is 13.1 Å². The van der Waals surface area contributed by atoms with Gasteiger partial charge in [0.05, 0.1) is 23.0 Å². The summed E-state index contributed by atoms with van der Waals surface area (Å²) in [5.41, 5.74) is -0.476. The summed E-state index contributed by atoms with van der Waals surface area (Å²) in [6.07, 6.45) is -4.60. The second-order valence-corrected chi connectivity index (χ2v) is 6.93. The molecular weight excluding hydrogens is 446 g/mol. The van der Waals surface area contributed by atoms with Crippen LogP contribution in [0.1, 0.15) is 21.5 Å². The number of carboxylic acid groups (broad SMARTS) is 1. The molecule has 0 aliphatic carbocycles. The minimum Gasteiger partial charge on any atom is -0.465 e. The monoisotopic (exact) mass is 463 g/mol. The van der Waals surface area contributed by atoms with Crippen LogP contribution in [0.5, 0.6) is 11.6 Å². The van der Waals surface area contributed by atoms with Gasteiger partial charge in [0.1, 0.15) is 11.6 Å². The quantitative estimate of drug-likeness (QED) is 0.473. The Balaban J connectivity index is 1.68. The van der Waals surface area contributed by atoms with E-state index in [0.717, 1.165) is 11.0 Å². The standard InChI is InChI=1S/C22H17F4N3O4/c1-12-9-15(29(2)21(31)32)5-7-18(12)33-19-8-4-14(11-27-19)28-20(30)16-6-3-13(10-17(16)23)22(24,25)26/h3-11H,1-2H3,(H,28,30)(H,31,32). The maximum Gasteiger partial charge on any atom is 0.416 e. The number of aryl methyl sites for hydroxylation is 1. The van der Waals surface area contributed by atoms with Crippen molar-refractivity contribution in [3.8, 4) is 11.6 Å². The lowest BCUT2D eigenvalue weighted by atomic mass is 10.1. The molecule has 0 saturated heterocycles. The first kappa shape index (κ1) is 23.5. The number of hydrogen-bond acceptors (Lipinski definition) is 4. The predicted octanol–water partition coefficient (Wildman–Crippen LogP) is 5.71. The molecule has 0 aliphatic heterocycles. The van der Waals surface area contributed by atoms with E-state index in [0.29, 0.717) is 23.1 Å². The fraction of sp³-hybridized carbons (Fsp3) is 0.136. The number of carbonyl (C=O) groups is 2. The predicted molar refractivity (Wildman–Crippen MR) is 111 cm³/mol. The van der Waals surface area contributed by atoms with Crippen molar-refractivity contribution in [1.29, 1.82) is 0 Å². The van der Waals surface area contributed by atoms with Gasteiger partial charge in [-0.25, -0.2) is 14.2 Å². The number of hydrogen-bond donors (Lipinski definition) is 2. The van der Waals surface area contributed by atoms with Crippen LogP contribution in [0.4, 0.5) is 33.7 Å². The van der Waals surface area contributed by atoms with Crippen molar-refractivity contribution >= 4 is 23.4 Å². The summed E-state index contributed by atoms with van der Waals surface area (Å²) in [6.45, 7) is 1.72. The lowest BCUT2D eigenvalue weighted by molar-refractivity contribution is -0.137. The van der Waals surface area contributed by atoms with Gasteiger partial charge in [0, 0.05) is 18.8 Å². The molecule has 0 radical (unpaired) electrons. The van der Waals surface area contributed by atoms with Crippen molar-refractivity contribution in [3.05, 3.63) is 77.2 Å². The maximum absolute atomic E-state index is 14.0. The summed E-state index contributed by atoms with van der Waals surface area (Å²) >= 11 is 0. The summed E-state index contributed by atoms with van der Waals surface area (Å²) in [5, 5.41) is 11.4. The highest BCUT2D eigenvalue weighted by atomic mass is 19.4. The molecule has 7 nitrogen and oxygen atoms in total. The molecule has 33 heavy (non-hydrogen) atoms. The number of halogens is 4. The van der Waals surface area contributed by atoms with E-state index in [-0.39, 0.29) is 17.6 Å². The van der Waals surface area contributed by atoms with Crippen molar-refractivity contribution in [3.63, 3.8) is 0 Å². The summed E-state index contributed by atoms with van der Waals surface area (Å²) in [5.74, 6) is -1.65. The van der Waals surface area contributed by atoms with Gasteiger partial charge in [0.25, 0.3) is 5.91 Å². The number of nitrogens with one attached hydrogen (secondary N) is 1. The third-order valence-corrected chi connectivity index (χ3v) is 4.58. The molecule has 0 fully saturated rings. The lowest BCUT2D eigenvalue weighted by Gasteiger charge is -2.15. The van der Waals surface area contributed by atoms with Gasteiger partial charge >= 0.3 is 12.3 Å². The highest BCUT2D eigenvalue weighted by Crippen LogP contribution is 2.31. The first-order valence-electron chi connectivity index (χ1n) is 9.35. The SMILES string of the molecule is Cc1cc(N(C)C(=O)O)ccc1Oc1ccc(NC(=O)c2ccc(C(F)(F)F)cc2F)cn1. The minimum absolute atomic E-state index is 0.163. The smallest absolute Gasteiger partial charge is 0.416 e. The van der Waals surface area contributed by atoms with Gasteiger partial charge in [-0.05, 0) is 55.0 Å². The van der Waals surface area contributed by atoms with Crippen LogP contribution in [-0.4, -0.2) is 29.1 Å². The molecule has 0 spiro atoms. The Morgan fingerprint density at radius 3 is 2.36 bits per heavy atom. The van der Waals surface area contributed by atoms with Gasteiger partial charge in [-0.2, -0.15) is 13.2 Å². The van der Waals surface area contributed by atoms with Crippen molar-refractivity contribution in [1.82, 2.24) is 4.98 Å². The third-order valence-electron chi connectivity index (χ3n) is 4.58. The number of carbonyl (C=O) groups excluding carboxylic acids is 1. The number of ether oxygens (including phenoxy) is 1. The summed E-state index contributed by atoms with van der Waals surface area (Å²) in [6, 6.07) is 9.24. The van der Waals surface area contributed by atoms with E-state index in [1.54, 1.807) is 25.1 Å². The largest absolute Gasteiger partial charge is 0.465 e. The van der Waals surface area contributed by atoms with E-state index in [1.165, 1.54) is 25.4 Å². The van der Waals surface area contributed by atoms with E-state index in [1.807, 2.05) is 0 Å². The van der Waals surface area contributed by atoms with Crippen LogP contribution < -0.4 is 15.0 Å². The maximum atomic E-state index is 14.0. The van der Waals surface area contributed by atoms with Crippen molar-refractivity contribution < 1.29 is 37.0 Å². The van der Waals surface area contributed by atoms with E-state index < -0.39 is 35.1 Å². The topological polar surface area (TPSA) is 91.8 Å². The third kappa shape index (κ3) is 5.56. The second kappa shape index (κ2) is 9.15. The Labute approximate surface area is 185 Å². The van der Waals surface area contributed by atoms with E-state index in [2.05, 4.69) is 10.3 Å². The molecule has 0 bridgehead atoms. The Hall–Kier alpha value is -4.15. The van der Waals surface area contributed by atoms with Crippen LogP contribution in [0.2, 0.25) is 0 Å². The summed E-state index contributed by atoms with van der Waals surface area (Å²) in [4.78, 5) is 28.3. The molecule has 3 rings (SSSR count). The molecule has 2 aromatic carbocycles. The van der Waals surface area contributed by atoms with E-state index >= 15 is 0 Å². The average Bonchev–Trinajstić information content (AvgIpc) is 2.75. The Bertz CT molecular complexity index is 1200. The second-order valence-electron chi connectivity index (χ2n) is 6.93. The van der Waals surface area contributed by atoms with Crippen LogP contribution in [0.25, 0.3) is 0 Å². The number of rotatable bonds is 5. The van der Waals surface area contributed by atoms with Gasteiger partial charge in [0.15, 0.2) is 0 Å². The number of amides is 2. The molecule has 0 atom stereocenters. The number of anilines is 2. The highest BCUT2D eigenvalue weighted by molar-refractivity contribution is 6.04. The summed E-state index contributed by atoms with van der Waals surface area (Å²) < 4.78 is 57.5. The zero-order chi connectivity index (χ0) is 24.3. The van der Waals surface area contributed by atoms with Gasteiger partial charge in [-0.15, -0.1) is 0 Å². The van der Waals surface area contributed by atoms with Gasteiger partial charge < -0.3 is 15.2 Å². The molecule has 3 aromatic rings. The fourth-order valence-corrected chi connectivity index (χ4v) is 2.77. The molecular formula is C22H17F4N3O4. The van der Waals surface area contributed by atoms with Crippen LogP contribution in [-0.2, 0) is 6.18 Å². The van der Waals surface area contributed by atoms with Crippen LogP contribution in [0, 0.1) is 12.7 Å². The number of alkyl halides is 3. The molecule has 1 aromatic heterocycles. The molecule has 0 saturated carbocycles. The first-order valence-corrected chi connectivity index (χ1v) is 9.35. The lowest BCUT2D eigenvalue weighted by Crippen LogP contribution is -2.23. The van der Waals surface area contributed by atoms with Crippen molar-refractivity contribution in [2.24, 2.45) is 0 Å². The zero-order valence-corrected chi connectivity index (χ0v) is 17.3. The average molecular weight is 463 g/mol. The molecule has 11 heteroatoms. The number of pyridine rings is 1. The minimum atomic E-state index is -4.72. The van der Waals surface area contributed by atoms with Gasteiger partial charge in [-0.1, -0.05) is 0 Å². The van der Waals surface area contributed by atoms with Crippen molar-refractivity contribution in [2.75, 3.05) is 17.3 Å². The summed E-state index contributed by atoms with van der Waals surface area (Å²) in [7, 11) is 1.41. The van der Waals surface area contributed by atoms with Gasteiger partial charge in [0.2, 0.25) is 5.88 Å². The molecule has 2 N–H and O–H groups in total. The normalized spacial score (nSPS) is 11.1. The fourth-order valence-electron chi connectivity index (χ4n) is 2.77.